The molecule has 2 aliphatic rings. The van der Waals surface area contributed by atoms with Gasteiger partial charge in [0.05, 0.1) is 0 Å². The molecule has 0 saturated carbocycles. The third-order valence-corrected chi connectivity index (χ3v) is 4.92. The number of hydrogen-bond acceptors (Lipinski definition) is 3. The molecular weight excluding hydrogens is 290 g/mol. The zero-order valence-corrected chi connectivity index (χ0v) is 13.8. The Kier molecular flexibility index (Phi) is 4.96. The summed E-state index contributed by atoms with van der Waals surface area (Å²) in [5.41, 5.74) is 1.54. The van der Waals surface area contributed by atoms with E-state index in [-0.39, 0.29) is 11.8 Å². The minimum atomic E-state index is -0.0350. The number of anilines is 1. The lowest BCUT2D eigenvalue weighted by Gasteiger charge is -2.23. The number of amides is 2. The molecule has 0 aromatic heterocycles. The highest BCUT2D eigenvalue weighted by Gasteiger charge is 2.24. The summed E-state index contributed by atoms with van der Waals surface area (Å²) in [5.74, 6) is 0.135. The standard InChI is InChI=1S/C18H25N3O2/c1-2-20-11-3-5-16(20)13-19-18(23)14-7-9-15(10-8-14)21-12-4-6-17(21)22/h7-10,16H,2-6,11-13H2,1H3,(H,19,23)/t16-/m0/s1. The van der Waals surface area contributed by atoms with E-state index in [2.05, 4.69) is 17.1 Å². The van der Waals surface area contributed by atoms with E-state index in [0.29, 0.717) is 24.6 Å². The number of carbonyl (C=O) groups excluding carboxylic acids is 2. The lowest BCUT2D eigenvalue weighted by molar-refractivity contribution is -0.117. The van der Waals surface area contributed by atoms with Crippen LogP contribution in [0.5, 0.6) is 0 Å². The van der Waals surface area contributed by atoms with Gasteiger partial charge < -0.3 is 10.2 Å². The zero-order chi connectivity index (χ0) is 16.2. The average Bonchev–Trinajstić information content (AvgIpc) is 3.21. The molecule has 2 aliphatic heterocycles. The summed E-state index contributed by atoms with van der Waals surface area (Å²) in [7, 11) is 0. The van der Waals surface area contributed by atoms with Gasteiger partial charge in [-0.25, -0.2) is 0 Å². The molecule has 3 rings (SSSR count). The number of carbonyl (C=O) groups is 2. The molecule has 2 heterocycles. The Morgan fingerprint density at radius 3 is 2.65 bits per heavy atom. The van der Waals surface area contributed by atoms with Crippen LogP contribution in [-0.4, -0.2) is 48.9 Å². The Hall–Kier alpha value is -1.88. The maximum absolute atomic E-state index is 12.3. The lowest BCUT2D eigenvalue weighted by Crippen LogP contribution is -2.40. The van der Waals surface area contributed by atoms with Crippen LogP contribution < -0.4 is 10.2 Å². The molecule has 0 radical (unpaired) electrons. The highest BCUT2D eigenvalue weighted by Crippen LogP contribution is 2.21. The van der Waals surface area contributed by atoms with Gasteiger partial charge in [-0.3, -0.25) is 14.5 Å². The Bertz CT molecular complexity index is 570. The molecule has 0 aliphatic carbocycles. The quantitative estimate of drug-likeness (QED) is 0.904. The Labute approximate surface area is 137 Å². The van der Waals surface area contributed by atoms with Gasteiger partial charge in [0.2, 0.25) is 5.91 Å². The average molecular weight is 315 g/mol. The number of likely N-dealkylation sites (N-methyl/N-ethyl adjacent to an activating group) is 1. The van der Waals surface area contributed by atoms with Crippen LogP contribution in [0.4, 0.5) is 5.69 Å². The van der Waals surface area contributed by atoms with Crippen LogP contribution in [0.3, 0.4) is 0 Å². The van der Waals surface area contributed by atoms with Crippen LogP contribution in [0.1, 0.15) is 43.0 Å². The van der Waals surface area contributed by atoms with E-state index >= 15 is 0 Å². The van der Waals surface area contributed by atoms with Crippen LogP contribution >= 0.6 is 0 Å². The van der Waals surface area contributed by atoms with E-state index in [9.17, 15) is 9.59 Å². The van der Waals surface area contributed by atoms with Crippen LogP contribution in [0.15, 0.2) is 24.3 Å². The molecule has 1 aromatic rings. The van der Waals surface area contributed by atoms with E-state index in [1.807, 2.05) is 24.3 Å². The SMILES string of the molecule is CCN1CCC[C@H]1CNC(=O)c1ccc(N2CCCC2=O)cc1. The van der Waals surface area contributed by atoms with Gasteiger partial charge in [0.25, 0.3) is 5.91 Å². The second kappa shape index (κ2) is 7.13. The second-order valence-corrected chi connectivity index (χ2v) is 6.33. The fourth-order valence-electron chi connectivity index (χ4n) is 3.57. The molecule has 1 N–H and O–H groups in total. The molecule has 5 nitrogen and oxygen atoms in total. The molecule has 0 bridgehead atoms. The predicted octanol–water partition coefficient (Wildman–Crippen LogP) is 2.03. The minimum Gasteiger partial charge on any atom is -0.350 e. The largest absolute Gasteiger partial charge is 0.350 e. The molecule has 5 heteroatoms. The third kappa shape index (κ3) is 3.55. The maximum atomic E-state index is 12.3. The van der Waals surface area contributed by atoms with E-state index in [4.69, 9.17) is 0 Å². The van der Waals surface area contributed by atoms with E-state index in [1.54, 1.807) is 4.90 Å². The summed E-state index contributed by atoms with van der Waals surface area (Å²) in [4.78, 5) is 28.2. The summed E-state index contributed by atoms with van der Waals surface area (Å²) in [6, 6.07) is 7.81. The Balaban J connectivity index is 1.56. The van der Waals surface area contributed by atoms with Crippen molar-refractivity contribution in [3.05, 3.63) is 29.8 Å². The van der Waals surface area contributed by atoms with Gasteiger partial charge >= 0.3 is 0 Å². The molecule has 1 aromatic carbocycles. The first kappa shape index (κ1) is 16.0. The molecule has 0 unspecified atom stereocenters. The molecule has 124 valence electrons. The number of rotatable bonds is 5. The number of nitrogens with zero attached hydrogens (tertiary/aromatic N) is 2. The topological polar surface area (TPSA) is 52.7 Å². The molecule has 2 saturated heterocycles. The van der Waals surface area contributed by atoms with Crippen molar-refractivity contribution in [3.8, 4) is 0 Å². The van der Waals surface area contributed by atoms with Gasteiger partial charge in [-0.2, -0.15) is 0 Å². The Morgan fingerprint density at radius 2 is 2.00 bits per heavy atom. The smallest absolute Gasteiger partial charge is 0.251 e. The summed E-state index contributed by atoms with van der Waals surface area (Å²) in [5, 5.41) is 3.04. The van der Waals surface area contributed by atoms with Crippen molar-refractivity contribution >= 4 is 17.5 Å². The van der Waals surface area contributed by atoms with Crippen molar-refractivity contribution in [1.29, 1.82) is 0 Å². The minimum absolute atomic E-state index is 0.0350. The first-order valence-electron chi connectivity index (χ1n) is 8.61. The first-order chi connectivity index (χ1) is 11.2. The molecule has 0 spiro atoms. The summed E-state index contributed by atoms with van der Waals surface area (Å²) >= 11 is 0. The van der Waals surface area contributed by atoms with Gasteiger partial charge in [0, 0.05) is 36.8 Å². The highest BCUT2D eigenvalue weighted by atomic mass is 16.2. The fourth-order valence-corrected chi connectivity index (χ4v) is 3.57. The van der Waals surface area contributed by atoms with E-state index in [0.717, 1.165) is 38.2 Å². The van der Waals surface area contributed by atoms with Gasteiger partial charge in [-0.05, 0) is 56.6 Å². The maximum Gasteiger partial charge on any atom is 0.251 e. The first-order valence-corrected chi connectivity index (χ1v) is 8.61. The second-order valence-electron chi connectivity index (χ2n) is 6.33. The van der Waals surface area contributed by atoms with Crippen molar-refractivity contribution in [3.63, 3.8) is 0 Å². The molecule has 23 heavy (non-hydrogen) atoms. The van der Waals surface area contributed by atoms with Crippen molar-refractivity contribution in [2.24, 2.45) is 0 Å². The van der Waals surface area contributed by atoms with Crippen molar-refractivity contribution in [2.75, 3.05) is 31.1 Å². The van der Waals surface area contributed by atoms with Gasteiger partial charge in [0.1, 0.15) is 0 Å². The fraction of sp³-hybridized carbons (Fsp3) is 0.556. The summed E-state index contributed by atoms with van der Waals surface area (Å²) in [6.45, 7) is 5.82. The number of nitrogens with one attached hydrogen (secondary N) is 1. The van der Waals surface area contributed by atoms with Crippen molar-refractivity contribution in [2.45, 2.75) is 38.6 Å². The number of hydrogen-bond donors (Lipinski definition) is 1. The monoisotopic (exact) mass is 315 g/mol. The van der Waals surface area contributed by atoms with E-state index < -0.39 is 0 Å². The van der Waals surface area contributed by atoms with Crippen molar-refractivity contribution < 1.29 is 9.59 Å². The van der Waals surface area contributed by atoms with Crippen LogP contribution in [-0.2, 0) is 4.79 Å². The highest BCUT2D eigenvalue weighted by molar-refractivity contribution is 5.97. The van der Waals surface area contributed by atoms with Crippen LogP contribution in [0, 0.1) is 0 Å². The molecule has 2 fully saturated rings. The van der Waals surface area contributed by atoms with Crippen LogP contribution in [0.2, 0.25) is 0 Å². The van der Waals surface area contributed by atoms with Gasteiger partial charge in [0.15, 0.2) is 0 Å². The van der Waals surface area contributed by atoms with Gasteiger partial charge in [-0.1, -0.05) is 6.92 Å². The Morgan fingerprint density at radius 1 is 1.22 bits per heavy atom. The van der Waals surface area contributed by atoms with Crippen LogP contribution in [0.25, 0.3) is 0 Å². The normalized spacial score (nSPS) is 21.9. The molecule has 1 atom stereocenters. The molecule has 2 amide bonds. The number of benzene rings is 1. The zero-order valence-electron chi connectivity index (χ0n) is 13.8. The predicted molar refractivity (Wildman–Crippen MR) is 90.6 cm³/mol. The number of likely N-dealkylation sites (tertiary alicyclic amines) is 1. The van der Waals surface area contributed by atoms with E-state index in [1.165, 1.54) is 6.42 Å². The lowest BCUT2D eigenvalue weighted by atomic mass is 10.1. The van der Waals surface area contributed by atoms with Crippen molar-refractivity contribution in [1.82, 2.24) is 10.2 Å². The van der Waals surface area contributed by atoms with Gasteiger partial charge in [-0.15, -0.1) is 0 Å². The summed E-state index contributed by atoms with van der Waals surface area (Å²) < 4.78 is 0. The summed E-state index contributed by atoms with van der Waals surface area (Å²) in [6.07, 6.45) is 3.91. The molecular formula is C18H25N3O2. The third-order valence-electron chi connectivity index (χ3n) is 4.92.